The van der Waals surface area contributed by atoms with Crippen LogP contribution in [0.15, 0.2) is 45.7 Å². The molecule has 11 heteroatoms. The number of carbonyl (C=O) groups excluding carboxylic acids is 1. The molecule has 0 radical (unpaired) electrons. The number of sulfone groups is 1. The topological polar surface area (TPSA) is 124 Å². The number of carbonyl (C=O) groups is 1. The molecular formula is C18H18N4O4S3. The van der Waals surface area contributed by atoms with Crippen molar-refractivity contribution in [3.05, 3.63) is 46.1 Å². The summed E-state index contributed by atoms with van der Waals surface area (Å²) >= 11 is 2.39. The fourth-order valence-corrected chi connectivity index (χ4v) is 6.62. The summed E-state index contributed by atoms with van der Waals surface area (Å²) in [5.74, 6) is 5.68. The van der Waals surface area contributed by atoms with E-state index in [2.05, 4.69) is 10.3 Å². The van der Waals surface area contributed by atoms with Gasteiger partial charge >= 0.3 is 0 Å². The van der Waals surface area contributed by atoms with Crippen LogP contribution in [0.4, 0.5) is 0 Å². The zero-order valence-corrected chi connectivity index (χ0v) is 17.6. The van der Waals surface area contributed by atoms with E-state index in [-0.39, 0.29) is 39.9 Å². The number of nitrogen functional groups attached to an aromatic ring is 1. The van der Waals surface area contributed by atoms with E-state index < -0.39 is 9.84 Å². The second-order valence-electron chi connectivity index (χ2n) is 6.72. The van der Waals surface area contributed by atoms with Crippen LogP contribution in [0.3, 0.4) is 0 Å². The van der Waals surface area contributed by atoms with Gasteiger partial charge in [-0.1, -0.05) is 42.1 Å². The number of nitrogens with two attached hydrogens (primary N) is 1. The van der Waals surface area contributed by atoms with Gasteiger partial charge in [-0.05, 0) is 12.0 Å². The molecule has 3 N–H and O–H groups in total. The van der Waals surface area contributed by atoms with Crippen molar-refractivity contribution in [3.63, 3.8) is 0 Å². The Bertz CT molecular complexity index is 1240. The number of aromatic nitrogens is 2. The number of thiophene rings is 1. The summed E-state index contributed by atoms with van der Waals surface area (Å²) in [4.78, 5) is 30.0. The lowest BCUT2D eigenvalue weighted by molar-refractivity contribution is -0.119. The molecule has 0 saturated carbocycles. The molecule has 0 bridgehead atoms. The molecule has 1 amide bonds. The monoisotopic (exact) mass is 450 g/mol. The van der Waals surface area contributed by atoms with E-state index in [9.17, 15) is 18.0 Å². The SMILES string of the molecule is Nn1c(SCC(=O)N[C@H]2CCS(=O)(=O)C2)nc2scc(-c3ccccc3)c2c1=O. The Morgan fingerprint density at radius 2 is 2.10 bits per heavy atom. The number of fused-ring (bicyclic) bond motifs is 1. The molecule has 4 rings (SSSR count). The lowest BCUT2D eigenvalue weighted by Gasteiger charge is -2.11. The smallest absolute Gasteiger partial charge is 0.282 e. The second-order valence-corrected chi connectivity index (χ2v) is 10.8. The number of hydrogen-bond donors (Lipinski definition) is 2. The average molecular weight is 451 g/mol. The summed E-state index contributed by atoms with van der Waals surface area (Å²) in [6.45, 7) is 0. The quantitative estimate of drug-likeness (QED) is 0.340. The molecule has 29 heavy (non-hydrogen) atoms. The molecule has 2 aromatic heterocycles. The third kappa shape index (κ3) is 4.16. The first kappa shape index (κ1) is 19.9. The summed E-state index contributed by atoms with van der Waals surface area (Å²) in [5.41, 5.74) is 1.31. The molecule has 1 aliphatic heterocycles. The Balaban J connectivity index is 1.52. The molecule has 1 atom stereocenters. The van der Waals surface area contributed by atoms with Crippen LogP contribution in [0.5, 0.6) is 0 Å². The highest BCUT2D eigenvalue weighted by Crippen LogP contribution is 2.31. The highest BCUT2D eigenvalue weighted by Gasteiger charge is 2.29. The molecule has 0 unspecified atom stereocenters. The predicted molar refractivity (Wildman–Crippen MR) is 115 cm³/mol. The van der Waals surface area contributed by atoms with Crippen LogP contribution < -0.4 is 16.7 Å². The maximum atomic E-state index is 12.8. The predicted octanol–water partition coefficient (Wildman–Crippen LogP) is 1.23. The maximum absolute atomic E-state index is 12.8. The molecular weight excluding hydrogens is 432 g/mol. The average Bonchev–Trinajstić information content (AvgIpc) is 3.27. The van der Waals surface area contributed by atoms with Crippen LogP contribution in [0.25, 0.3) is 21.3 Å². The number of nitrogens with zero attached hydrogens (tertiary/aromatic N) is 2. The molecule has 1 saturated heterocycles. The minimum absolute atomic E-state index is 0.0113. The van der Waals surface area contributed by atoms with Crippen LogP contribution in [0, 0.1) is 0 Å². The first-order valence-electron chi connectivity index (χ1n) is 8.81. The lowest BCUT2D eigenvalue weighted by atomic mass is 10.1. The van der Waals surface area contributed by atoms with Crippen molar-refractivity contribution in [3.8, 4) is 11.1 Å². The molecule has 3 aromatic rings. The van der Waals surface area contributed by atoms with Gasteiger partial charge in [-0.3, -0.25) is 9.59 Å². The van der Waals surface area contributed by atoms with Gasteiger partial charge in [0.2, 0.25) is 5.91 Å². The third-order valence-corrected chi connectivity index (χ3v) is 8.22. The van der Waals surface area contributed by atoms with Gasteiger partial charge in [-0.2, -0.15) is 0 Å². The van der Waals surface area contributed by atoms with Crippen molar-refractivity contribution in [2.75, 3.05) is 23.1 Å². The molecule has 0 spiro atoms. The highest BCUT2D eigenvalue weighted by molar-refractivity contribution is 7.99. The standard InChI is InChI=1S/C18H18N4O4S3/c19-22-17(24)15-13(11-4-2-1-3-5-11)8-27-16(15)21-18(22)28-9-14(23)20-12-6-7-29(25,26)10-12/h1-5,8,12H,6-7,9-10,19H2,(H,20,23)/t12-/m0/s1. The van der Waals surface area contributed by atoms with Crippen LogP contribution >= 0.6 is 23.1 Å². The first-order valence-corrected chi connectivity index (χ1v) is 12.5. The number of nitrogens with one attached hydrogen (secondary N) is 1. The Hall–Kier alpha value is -2.37. The van der Waals surface area contributed by atoms with Gasteiger partial charge in [0.05, 0.1) is 22.6 Å². The lowest BCUT2D eigenvalue weighted by Crippen LogP contribution is -2.37. The van der Waals surface area contributed by atoms with Gasteiger partial charge in [-0.25, -0.2) is 18.1 Å². The summed E-state index contributed by atoms with van der Waals surface area (Å²) in [5, 5.41) is 5.27. The molecule has 3 heterocycles. The van der Waals surface area contributed by atoms with E-state index in [1.807, 2.05) is 35.7 Å². The normalized spacial score (nSPS) is 18.1. The molecule has 152 valence electrons. The zero-order chi connectivity index (χ0) is 20.6. The van der Waals surface area contributed by atoms with Crippen LogP contribution in [-0.4, -0.2) is 47.3 Å². The van der Waals surface area contributed by atoms with Crippen molar-refractivity contribution in [1.29, 1.82) is 0 Å². The van der Waals surface area contributed by atoms with Crippen molar-refractivity contribution in [2.45, 2.75) is 17.6 Å². The summed E-state index contributed by atoms with van der Waals surface area (Å²) in [6.07, 6.45) is 0.419. The molecule has 8 nitrogen and oxygen atoms in total. The molecule has 1 aromatic carbocycles. The summed E-state index contributed by atoms with van der Waals surface area (Å²) < 4.78 is 23.9. The van der Waals surface area contributed by atoms with Gasteiger partial charge in [0.15, 0.2) is 15.0 Å². The molecule has 1 fully saturated rings. The van der Waals surface area contributed by atoms with Gasteiger partial charge in [0, 0.05) is 17.0 Å². The minimum Gasteiger partial charge on any atom is -0.352 e. The van der Waals surface area contributed by atoms with Gasteiger partial charge in [0.25, 0.3) is 5.56 Å². The highest BCUT2D eigenvalue weighted by atomic mass is 32.2. The van der Waals surface area contributed by atoms with E-state index in [0.29, 0.717) is 16.6 Å². The molecule has 0 aliphatic carbocycles. The van der Waals surface area contributed by atoms with Crippen molar-refractivity contribution in [2.24, 2.45) is 0 Å². The first-order chi connectivity index (χ1) is 13.8. The van der Waals surface area contributed by atoms with E-state index in [1.54, 1.807) is 0 Å². The van der Waals surface area contributed by atoms with Crippen LogP contribution in [-0.2, 0) is 14.6 Å². The van der Waals surface area contributed by atoms with E-state index in [0.717, 1.165) is 27.6 Å². The second kappa shape index (κ2) is 7.81. The minimum atomic E-state index is -3.06. The van der Waals surface area contributed by atoms with Gasteiger partial charge in [0.1, 0.15) is 4.83 Å². The Morgan fingerprint density at radius 1 is 1.34 bits per heavy atom. The van der Waals surface area contributed by atoms with E-state index in [4.69, 9.17) is 5.84 Å². The van der Waals surface area contributed by atoms with Crippen molar-refractivity contribution >= 4 is 49.1 Å². The zero-order valence-electron chi connectivity index (χ0n) is 15.2. The van der Waals surface area contributed by atoms with E-state index >= 15 is 0 Å². The fourth-order valence-electron chi connectivity index (χ4n) is 3.22. The van der Waals surface area contributed by atoms with Gasteiger partial charge < -0.3 is 11.2 Å². The van der Waals surface area contributed by atoms with Crippen LogP contribution in [0.1, 0.15) is 6.42 Å². The number of thioether (sulfide) groups is 1. The Labute approximate surface area is 175 Å². The Kier molecular flexibility index (Phi) is 5.36. The van der Waals surface area contributed by atoms with Gasteiger partial charge in [-0.15, -0.1) is 11.3 Å². The van der Waals surface area contributed by atoms with Crippen LogP contribution in [0.2, 0.25) is 0 Å². The maximum Gasteiger partial charge on any atom is 0.282 e. The summed E-state index contributed by atoms with van der Waals surface area (Å²) in [7, 11) is -3.06. The number of amides is 1. The molecule has 1 aliphatic rings. The fraction of sp³-hybridized carbons (Fsp3) is 0.278. The van der Waals surface area contributed by atoms with Crippen molar-refractivity contribution in [1.82, 2.24) is 15.0 Å². The number of benzene rings is 1. The number of rotatable bonds is 5. The third-order valence-electron chi connectivity index (χ3n) is 4.62. The number of hydrogen-bond acceptors (Lipinski definition) is 8. The summed E-state index contributed by atoms with van der Waals surface area (Å²) in [6, 6.07) is 9.15. The largest absolute Gasteiger partial charge is 0.352 e. The van der Waals surface area contributed by atoms with Crippen molar-refractivity contribution < 1.29 is 13.2 Å². The Morgan fingerprint density at radius 3 is 2.79 bits per heavy atom. The van der Waals surface area contributed by atoms with E-state index in [1.165, 1.54) is 11.3 Å².